The fourth-order valence-electron chi connectivity index (χ4n) is 6.81. The van der Waals surface area contributed by atoms with Crippen molar-refractivity contribution in [1.82, 2.24) is 0 Å². The van der Waals surface area contributed by atoms with Gasteiger partial charge in [-0.1, -0.05) is 13.8 Å². The van der Waals surface area contributed by atoms with E-state index in [9.17, 15) is 20.4 Å². The molecule has 5 aliphatic heterocycles. The van der Waals surface area contributed by atoms with Crippen molar-refractivity contribution in [1.29, 1.82) is 0 Å². The van der Waals surface area contributed by atoms with Gasteiger partial charge in [0.2, 0.25) is 5.79 Å². The maximum Gasteiger partial charge on any atom is 0.201 e. The second kappa shape index (κ2) is 8.92. The van der Waals surface area contributed by atoms with E-state index in [1.54, 1.807) is 0 Å². The Morgan fingerprint density at radius 2 is 1.70 bits per heavy atom. The summed E-state index contributed by atoms with van der Waals surface area (Å²) in [6.45, 7) is 6.07. The first kappa shape index (κ1) is 24.3. The van der Waals surface area contributed by atoms with Crippen LogP contribution in [0.25, 0.3) is 0 Å². The fourth-order valence-corrected chi connectivity index (χ4v) is 6.81. The van der Waals surface area contributed by atoms with Crippen LogP contribution < -0.4 is 0 Å². The van der Waals surface area contributed by atoms with E-state index >= 15 is 0 Å². The van der Waals surface area contributed by atoms with E-state index in [1.165, 1.54) is 0 Å². The summed E-state index contributed by atoms with van der Waals surface area (Å²) in [5, 5.41) is 39.5. The summed E-state index contributed by atoms with van der Waals surface area (Å²) in [5.41, 5.74) is -0.609. The van der Waals surface area contributed by atoms with Crippen molar-refractivity contribution in [3.05, 3.63) is 0 Å². The Hall–Kier alpha value is -0.400. The first-order chi connectivity index (χ1) is 15.7. The highest BCUT2D eigenvalue weighted by atomic mass is 17.3. The smallest absolute Gasteiger partial charge is 0.201 e. The van der Waals surface area contributed by atoms with Gasteiger partial charge in [-0.3, -0.25) is 0 Å². The molecule has 10 nitrogen and oxygen atoms in total. The molecule has 2 bridgehead atoms. The highest BCUT2D eigenvalue weighted by Gasteiger charge is 2.69. The minimum Gasteiger partial charge on any atom is -0.394 e. The van der Waals surface area contributed by atoms with Gasteiger partial charge in [-0.15, -0.1) is 0 Å². The third kappa shape index (κ3) is 3.87. The van der Waals surface area contributed by atoms with Crippen molar-refractivity contribution in [3.8, 4) is 0 Å². The van der Waals surface area contributed by atoms with Crippen LogP contribution >= 0.6 is 0 Å². The molecule has 10 heteroatoms. The number of hydrogen-bond acceptors (Lipinski definition) is 10. The molecule has 1 spiro atoms. The van der Waals surface area contributed by atoms with Gasteiger partial charge in [-0.05, 0) is 50.4 Å². The number of fused-ring (bicyclic) bond motifs is 2. The van der Waals surface area contributed by atoms with Gasteiger partial charge in [0.05, 0.1) is 19.3 Å². The summed E-state index contributed by atoms with van der Waals surface area (Å²) in [6.07, 6.45) is -2.70. The Labute approximate surface area is 194 Å². The Kier molecular flexibility index (Phi) is 6.57. The average molecular weight is 475 g/mol. The molecule has 13 atom stereocenters. The Morgan fingerprint density at radius 3 is 2.45 bits per heavy atom. The topological polar surface area (TPSA) is 136 Å². The van der Waals surface area contributed by atoms with Gasteiger partial charge in [-0.2, -0.15) is 0 Å². The van der Waals surface area contributed by atoms with Crippen LogP contribution in [0.5, 0.6) is 0 Å². The molecule has 0 radical (unpaired) electrons. The second-order valence-corrected chi connectivity index (χ2v) is 10.8. The lowest BCUT2D eigenvalue weighted by molar-refractivity contribution is -0.571. The molecular weight excluding hydrogens is 436 g/mol. The number of aliphatic hydroxyl groups is 4. The van der Waals surface area contributed by atoms with Crippen LogP contribution in [0, 0.1) is 23.7 Å². The fraction of sp³-hybridized carbons (Fsp3) is 1.00. The maximum atomic E-state index is 10.2. The number of aliphatic hydroxyl groups excluding tert-OH is 4. The normalized spacial score (nSPS) is 56.3. The van der Waals surface area contributed by atoms with Crippen molar-refractivity contribution in [2.45, 2.75) is 107 Å². The number of rotatable bonds is 5. The van der Waals surface area contributed by atoms with Crippen molar-refractivity contribution < 1.29 is 49.1 Å². The SMILES string of the molecule is C[C@H]1[C@@H](CCO[C@@H]2O[C@H](CO)[C@@H](O)[C@H](O)[C@H]2O)O[C@@H]2O[C@]3(C)CC[C@H]4[C@H](C)CC[C@@H]1C24OO3. The van der Waals surface area contributed by atoms with E-state index in [0.717, 1.165) is 25.7 Å². The van der Waals surface area contributed by atoms with E-state index in [-0.39, 0.29) is 24.5 Å². The molecule has 1 aliphatic carbocycles. The van der Waals surface area contributed by atoms with Crippen LogP contribution in [-0.2, 0) is 28.7 Å². The van der Waals surface area contributed by atoms with Gasteiger partial charge in [0.25, 0.3) is 0 Å². The number of ether oxygens (including phenoxy) is 4. The molecule has 190 valence electrons. The van der Waals surface area contributed by atoms with Gasteiger partial charge in [0.15, 0.2) is 18.2 Å². The quantitative estimate of drug-likeness (QED) is 0.416. The summed E-state index contributed by atoms with van der Waals surface area (Å²) in [6, 6.07) is 0. The summed E-state index contributed by atoms with van der Waals surface area (Å²) in [4.78, 5) is 12.0. The van der Waals surface area contributed by atoms with Crippen LogP contribution in [-0.4, -0.2) is 88.1 Å². The van der Waals surface area contributed by atoms with E-state index in [4.69, 9.17) is 28.7 Å². The third-order valence-corrected chi connectivity index (χ3v) is 8.83. The molecule has 6 rings (SSSR count). The standard InChI is InChI=1S/C23H38O10/c1-11-4-5-14-12(2)15(7-9-28-20-19(27)18(26)17(25)16(10-24)29-20)30-21-23(14)13(11)6-8-22(3,31-21)32-33-23/h11-21,24-27H,4-10H2,1-3H3/t11-,12-,13+,14+,15-,16-,17-,18+,19-,20-,21-,22+,23?/m1/s1. The van der Waals surface area contributed by atoms with Crippen molar-refractivity contribution in [3.63, 3.8) is 0 Å². The van der Waals surface area contributed by atoms with E-state index < -0.39 is 55.0 Å². The lowest BCUT2D eigenvalue weighted by Crippen LogP contribution is -2.70. The van der Waals surface area contributed by atoms with Crippen LogP contribution in [0.15, 0.2) is 0 Å². The number of hydrogen-bond donors (Lipinski definition) is 4. The molecule has 1 saturated carbocycles. The Morgan fingerprint density at radius 1 is 0.909 bits per heavy atom. The van der Waals surface area contributed by atoms with Crippen LogP contribution in [0.2, 0.25) is 0 Å². The van der Waals surface area contributed by atoms with Gasteiger partial charge in [0.1, 0.15) is 24.4 Å². The monoisotopic (exact) mass is 474 g/mol. The lowest BCUT2D eigenvalue weighted by atomic mass is 9.57. The minimum absolute atomic E-state index is 0.156. The largest absolute Gasteiger partial charge is 0.394 e. The van der Waals surface area contributed by atoms with Crippen molar-refractivity contribution in [2.24, 2.45) is 23.7 Å². The maximum absolute atomic E-state index is 10.2. The summed E-state index contributed by atoms with van der Waals surface area (Å²) in [7, 11) is 0. The van der Waals surface area contributed by atoms with Gasteiger partial charge >= 0.3 is 0 Å². The second-order valence-electron chi connectivity index (χ2n) is 10.8. The van der Waals surface area contributed by atoms with Crippen molar-refractivity contribution in [2.75, 3.05) is 13.2 Å². The van der Waals surface area contributed by atoms with E-state index in [2.05, 4.69) is 13.8 Å². The first-order valence-corrected chi connectivity index (χ1v) is 12.3. The molecule has 4 N–H and O–H groups in total. The molecule has 0 aromatic carbocycles. The van der Waals surface area contributed by atoms with E-state index in [1.807, 2.05) is 6.92 Å². The zero-order valence-electron chi connectivity index (χ0n) is 19.5. The zero-order valence-corrected chi connectivity index (χ0v) is 19.5. The van der Waals surface area contributed by atoms with E-state index in [0.29, 0.717) is 18.3 Å². The highest BCUT2D eigenvalue weighted by Crippen LogP contribution is 2.60. The van der Waals surface area contributed by atoms with Gasteiger partial charge in [-0.25, -0.2) is 9.78 Å². The minimum atomic E-state index is -1.46. The first-order valence-electron chi connectivity index (χ1n) is 12.3. The van der Waals surface area contributed by atoms with Gasteiger partial charge in [0, 0.05) is 12.3 Å². The summed E-state index contributed by atoms with van der Waals surface area (Å²) in [5.74, 6) is 0.370. The molecular formula is C23H38O10. The lowest BCUT2D eigenvalue weighted by Gasteiger charge is -2.60. The van der Waals surface area contributed by atoms with Gasteiger partial charge < -0.3 is 39.4 Å². The predicted octanol–water partition coefficient (Wildman–Crippen LogP) is 0.444. The van der Waals surface area contributed by atoms with Crippen LogP contribution in [0.4, 0.5) is 0 Å². The highest BCUT2D eigenvalue weighted by molar-refractivity contribution is 5.09. The summed E-state index contributed by atoms with van der Waals surface area (Å²) >= 11 is 0. The van der Waals surface area contributed by atoms with Crippen molar-refractivity contribution >= 4 is 0 Å². The Bertz CT molecular complexity index is 707. The molecule has 6 fully saturated rings. The van der Waals surface area contributed by atoms with Crippen LogP contribution in [0.1, 0.15) is 52.9 Å². The molecule has 0 aromatic heterocycles. The summed E-state index contributed by atoms with van der Waals surface area (Å²) < 4.78 is 24.0. The van der Waals surface area contributed by atoms with Crippen LogP contribution in [0.3, 0.4) is 0 Å². The molecule has 6 aliphatic rings. The predicted molar refractivity (Wildman–Crippen MR) is 111 cm³/mol. The molecule has 1 unspecified atom stereocenters. The zero-order chi connectivity index (χ0) is 23.5. The molecule has 5 saturated heterocycles. The third-order valence-electron chi connectivity index (χ3n) is 8.83. The molecule has 33 heavy (non-hydrogen) atoms. The molecule has 5 heterocycles. The molecule has 0 aromatic rings. The molecule has 0 amide bonds. The Balaban J connectivity index is 1.27. The average Bonchev–Trinajstić information content (AvgIpc) is 3.03.